The van der Waals surface area contributed by atoms with Gasteiger partial charge in [-0.2, -0.15) is 5.10 Å². The number of aryl methyl sites for hydroxylation is 2. The van der Waals surface area contributed by atoms with Crippen LogP contribution in [-0.2, 0) is 0 Å². The van der Waals surface area contributed by atoms with Crippen LogP contribution >= 0.6 is 0 Å². The monoisotopic (exact) mass is 221 g/mol. The average Bonchev–Trinajstić information content (AvgIpc) is 3.01. The van der Waals surface area contributed by atoms with Gasteiger partial charge in [0.15, 0.2) is 0 Å². The molecule has 16 heavy (non-hydrogen) atoms. The number of nitrogens with zero attached hydrogens (tertiary/aromatic N) is 2. The SMILES string of the molecule is Cc1cc(NCC2(CCO)CC2)nnc1C. The zero-order valence-corrected chi connectivity index (χ0v) is 9.95. The minimum atomic E-state index is 0.278. The molecule has 0 saturated heterocycles. The zero-order chi connectivity index (χ0) is 11.6. The normalized spacial score (nSPS) is 17.2. The number of nitrogens with one attached hydrogen (secondary N) is 1. The Bertz CT molecular complexity index is 375. The number of hydrogen-bond acceptors (Lipinski definition) is 4. The lowest BCUT2D eigenvalue weighted by Crippen LogP contribution is -2.17. The molecule has 1 saturated carbocycles. The van der Waals surface area contributed by atoms with E-state index in [0.717, 1.165) is 30.0 Å². The molecule has 1 aromatic heterocycles. The van der Waals surface area contributed by atoms with E-state index in [1.807, 2.05) is 19.9 Å². The number of hydrogen-bond donors (Lipinski definition) is 2. The van der Waals surface area contributed by atoms with Gasteiger partial charge in [-0.3, -0.25) is 0 Å². The quantitative estimate of drug-likeness (QED) is 0.794. The van der Waals surface area contributed by atoms with Crippen LogP contribution in [-0.4, -0.2) is 28.5 Å². The van der Waals surface area contributed by atoms with Gasteiger partial charge in [-0.25, -0.2) is 0 Å². The standard InChI is InChI=1S/C12H19N3O/c1-9-7-11(15-14-10(9)2)13-8-12(3-4-12)5-6-16/h7,16H,3-6,8H2,1-2H3,(H,13,15). The van der Waals surface area contributed by atoms with Gasteiger partial charge < -0.3 is 10.4 Å². The van der Waals surface area contributed by atoms with Gasteiger partial charge in [0.05, 0.1) is 5.69 Å². The second kappa shape index (κ2) is 4.37. The Balaban J connectivity index is 1.92. The highest BCUT2D eigenvalue weighted by molar-refractivity contribution is 5.37. The van der Waals surface area contributed by atoms with Crippen LogP contribution in [0.3, 0.4) is 0 Å². The number of aromatic nitrogens is 2. The third kappa shape index (κ3) is 2.50. The Kier molecular flexibility index (Phi) is 3.10. The van der Waals surface area contributed by atoms with Crippen LogP contribution in [0.5, 0.6) is 0 Å². The molecule has 0 aromatic carbocycles. The molecule has 0 amide bonds. The fraction of sp³-hybridized carbons (Fsp3) is 0.667. The van der Waals surface area contributed by atoms with Gasteiger partial charge in [0, 0.05) is 13.2 Å². The van der Waals surface area contributed by atoms with E-state index in [1.54, 1.807) is 0 Å². The van der Waals surface area contributed by atoms with Crippen LogP contribution < -0.4 is 5.32 Å². The molecule has 0 aliphatic heterocycles. The summed E-state index contributed by atoms with van der Waals surface area (Å²) in [4.78, 5) is 0. The largest absolute Gasteiger partial charge is 0.396 e. The maximum atomic E-state index is 8.96. The van der Waals surface area contributed by atoms with Crippen molar-refractivity contribution in [1.29, 1.82) is 0 Å². The molecular weight excluding hydrogens is 202 g/mol. The van der Waals surface area contributed by atoms with Crippen molar-refractivity contribution < 1.29 is 5.11 Å². The molecule has 88 valence electrons. The molecule has 0 unspecified atom stereocenters. The molecule has 2 rings (SSSR count). The van der Waals surface area contributed by atoms with Crippen LogP contribution in [0.4, 0.5) is 5.82 Å². The lowest BCUT2D eigenvalue weighted by molar-refractivity contribution is 0.253. The van der Waals surface area contributed by atoms with E-state index in [-0.39, 0.29) is 6.61 Å². The third-order valence-electron chi connectivity index (χ3n) is 3.48. The van der Waals surface area contributed by atoms with Crippen LogP contribution in [0, 0.1) is 19.3 Å². The smallest absolute Gasteiger partial charge is 0.148 e. The summed E-state index contributed by atoms with van der Waals surface area (Å²) in [5.41, 5.74) is 2.45. The number of aliphatic hydroxyl groups excluding tert-OH is 1. The maximum absolute atomic E-state index is 8.96. The molecule has 0 atom stereocenters. The summed E-state index contributed by atoms with van der Waals surface area (Å²) >= 11 is 0. The molecule has 1 heterocycles. The highest BCUT2D eigenvalue weighted by Crippen LogP contribution is 2.48. The number of rotatable bonds is 5. The van der Waals surface area contributed by atoms with Gasteiger partial charge in [0.1, 0.15) is 5.82 Å². The van der Waals surface area contributed by atoms with Crippen LogP contribution in [0.15, 0.2) is 6.07 Å². The van der Waals surface area contributed by atoms with Gasteiger partial charge >= 0.3 is 0 Å². The molecule has 0 spiro atoms. The Morgan fingerprint density at radius 3 is 2.69 bits per heavy atom. The highest BCUT2D eigenvalue weighted by atomic mass is 16.3. The molecular formula is C12H19N3O. The van der Waals surface area contributed by atoms with Gasteiger partial charge in [0.2, 0.25) is 0 Å². The first-order valence-electron chi connectivity index (χ1n) is 5.81. The summed E-state index contributed by atoms with van der Waals surface area (Å²) in [5, 5.41) is 20.5. The Morgan fingerprint density at radius 2 is 2.12 bits per heavy atom. The van der Waals surface area contributed by atoms with Gasteiger partial charge in [-0.05, 0) is 50.2 Å². The molecule has 2 N–H and O–H groups in total. The van der Waals surface area contributed by atoms with Crippen molar-refractivity contribution in [1.82, 2.24) is 10.2 Å². The van der Waals surface area contributed by atoms with Crippen LogP contribution in [0.2, 0.25) is 0 Å². The molecule has 4 heteroatoms. The van der Waals surface area contributed by atoms with E-state index in [2.05, 4.69) is 15.5 Å². The maximum Gasteiger partial charge on any atom is 0.148 e. The first-order chi connectivity index (χ1) is 7.65. The van der Waals surface area contributed by atoms with Gasteiger partial charge in [-0.1, -0.05) is 0 Å². The first-order valence-corrected chi connectivity index (χ1v) is 5.81. The molecule has 1 aliphatic rings. The molecule has 0 radical (unpaired) electrons. The summed E-state index contributed by atoms with van der Waals surface area (Å²) in [6.45, 7) is 5.17. The third-order valence-corrected chi connectivity index (χ3v) is 3.48. The Hall–Kier alpha value is -1.16. The minimum Gasteiger partial charge on any atom is -0.396 e. The molecule has 1 fully saturated rings. The molecule has 1 aromatic rings. The molecule has 0 bridgehead atoms. The second-order valence-corrected chi connectivity index (χ2v) is 4.83. The fourth-order valence-corrected chi connectivity index (χ4v) is 1.84. The van der Waals surface area contributed by atoms with Crippen molar-refractivity contribution in [3.05, 3.63) is 17.3 Å². The summed E-state index contributed by atoms with van der Waals surface area (Å²) in [6.07, 6.45) is 3.30. The molecule has 4 nitrogen and oxygen atoms in total. The minimum absolute atomic E-state index is 0.278. The first kappa shape index (κ1) is 11.3. The summed E-state index contributed by atoms with van der Waals surface area (Å²) < 4.78 is 0. The van der Waals surface area contributed by atoms with Crippen molar-refractivity contribution in [3.63, 3.8) is 0 Å². The summed E-state index contributed by atoms with van der Waals surface area (Å²) in [6, 6.07) is 2.03. The van der Waals surface area contributed by atoms with Crippen molar-refractivity contribution in [2.24, 2.45) is 5.41 Å². The van der Waals surface area contributed by atoms with Crippen LogP contribution in [0.1, 0.15) is 30.5 Å². The van der Waals surface area contributed by atoms with E-state index < -0.39 is 0 Å². The zero-order valence-electron chi connectivity index (χ0n) is 9.95. The molecule has 1 aliphatic carbocycles. The number of anilines is 1. The Morgan fingerprint density at radius 1 is 1.38 bits per heavy atom. The highest BCUT2D eigenvalue weighted by Gasteiger charge is 2.41. The van der Waals surface area contributed by atoms with Gasteiger partial charge in [0.25, 0.3) is 0 Å². The van der Waals surface area contributed by atoms with Gasteiger partial charge in [-0.15, -0.1) is 5.10 Å². The number of aliphatic hydroxyl groups is 1. The van der Waals surface area contributed by atoms with E-state index in [0.29, 0.717) is 5.41 Å². The van der Waals surface area contributed by atoms with Crippen LogP contribution in [0.25, 0.3) is 0 Å². The van der Waals surface area contributed by atoms with E-state index in [1.165, 1.54) is 12.8 Å². The summed E-state index contributed by atoms with van der Waals surface area (Å²) in [5.74, 6) is 0.840. The Labute approximate surface area is 96.1 Å². The lowest BCUT2D eigenvalue weighted by Gasteiger charge is -2.14. The summed E-state index contributed by atoms with van der Waals surface area (Å²) in [7, 11) is 0. The van der Waals surface area contributed by atoms with Crippen molar-refractivity contribution in [2.45, 2.75) is 33.1 Å². The van der Waals surface area contributed by atoms with E-state index in [9.17, 15) is 0 Å². The van der Waals surface area contributed by atoms with Crippen molar-refractivity contribution in [3.8, 4) is 0 Å². The predicted octanol–water partition coefficient (Wildman–Crippen LogP) is 1.67. The lowest BCUT2D eigenvalue weighted by atomic mass is 10.0. The van der Waals surface area contributed by atoms with Crippen molar-refractivity contribution in [2.75, 3.05) is 18.5 Å². The predicted molar refractivity (Wildman–Crippen MR) is 63.4 cm³/mol. The van der Waals surface area contributed by atoms with E-state index in [4.69, 9.17) is 5.11 Å². The topological polar surface area (TPSA) is 58.0 Å². The second-order valence-electron chi connectivity index (χ2n) is 4.83. The van der Waals surface area contributed by atoms with E-state index >= 15 is 0 Å². The van der Waals surface area contributed by atoms with Crippen molar-refractivity contribution >= 4 is 5.82 Å². The fourth-order valence-electron chi connectivity index (χ4n) is 1.84. The average molecular weight is 221 g/mol.